The molecule has 0 heterocycles. The number of hydrogen-bond acceptors (Lipinski definition) is 3. The van der Waals surface area contributed by atoms with Gasteiger partial charge in [-0.2, -0.15) is 0 Å². The van der Waals surface area contributed by atoms with Gasteiger partial charge in [-0.1, -0.05) is 63.3 Å². The molecule has 0 amide bonds. The molecule has 3 nitrogen and oxygen atoms in total. The molecule has 0 fully saturated rings. The predicted octanol–water partition coefficient (Wildman–Crippen LogP) is 4.94. The van der Waals surface area contributed by atoms with E-state index < -0.39 is 12.1 Å². The predicted molar refractivity (Wildman–Crippen MR) is 92.8 cm³/mol. The molecule has 0 aliphatic rings. The van der Waals surface area contributed by atoms with E-state index in [1.54, 1.807) is 0 Å². The number of aliphatic hydroxyl groups excluding tert-OH is 1. The summed E-state index contributed by atoms with van der Waals surface area (Å²) in [4.78, 5) is 11.0. The van der Waals surface area contributed by atoms with E-state index in [2.05, 4.69) is 36.0 Å². The Bertz CT molecular complexity index is 308. The first-order valence-corrected chi connectivity index (χ1v) is 8.78. The van der Waals surface area contributed by atoms with Crippen molar-refractivity contribution in [3.05, 3.63) is 24.3 Å². The number of esters is 1. The molecule has 128 valence electrons. The number of methoxy groups -OCH3 is 1. The molecule has 0 spiro atoms. The molecule has 0 aromatic heterocycles. The molecule has 3 heteroatoms. The van der Waals surface area contributed by atoms with Crippen LogP contribution in [-0.4, -0.2) is 24.3 Å². The number of carbonyl (C=O) groups is 1. The average Bonchev–Trinajstić information content (AvgIpc) is 2.54. The summed E-state index contributed by atoms with van der Waals surface area (Å²) >= 11 is 0. The van der Waals surface area contributed by atoms with Gasteiger partial charge in [0.1, 0.15) is 0 Å². The molecule has 0 aliphatic heterocycles. The molecule has 1 unspecified atom stereocenters. The summed E-state index contributed by atoms with van der Waals surface area (Å²) in [5, 5.41) is 9.42. The van der Waals surface area contributed by atoms with Crippen LogP contribution in [0.2, 0.25) is 0 Å². The number of ether oxygens (including phenoxy) is 1. The van der Waals surface area contributed by atoms with E-state index in [0.29, 0.717) is 6.42 Å². The smallest absolute Gasteiger partial charge is 0.334 e. The lowest BCUT2D eigenvalue weighted by atomic mass is 10.1. The molecule has 0 saturated heterocycles. The van der Waals surface area contributed by atoms with Gasteiger partial charge < -0.3 is 9.84 Å². The first-order valence-electron chi connectivity index (χ1n) is 8.78. The highest BCUT2D eigenvalue weighted by Crippen LogP contribution is 2.09. The normalized spacial score (nSPS) is 13.0. The fourth-order valence-corrected chi connectivity index (χ4v) is 2.23. The quantitative estimate of drug-likeness (QED) is 0.281. The molecule has 0 aliphatic carbocycles. The number of rotatable bonds is 14. The maximum absolute atomic E-state index is 11.0. The van der Waals surface area contributed by atoms with Gasteiger partial charge in [0.15, 0.2) is 6.10 Å². The van der Waals surface area contributed by atoms with Gasteiger partial charge in [0.05, 0.1) is 7.11 Å². The molecule has 0 radical (unpaired) electrons. The molecule has 22 heavy (non-hydrogen) atoms. The minimum atomic E-state index is -0.950. The van der Waals surface area contributed by atoms with Crippen molar-refractivity contribution in [3.8, 4) is 0 Å². The van der Waals surface area contributed by atoms with E-state index in [-0.39, 0.29) is 0 Å². The minimum Gasteiger partial charge on any atom is -0.467 e. The van der Waals surface area contributed by atoms with E-state index in [0.717, 1.165) is 32.1 Å². The highest BCUT2D eigenvalue weighted by Gasteiger charge is 2.13. The van der Waals surface area contributed by atoms with E-state index in [1.165, 1.54) is 39.2 Å². The van der Waals surface area contributed by atoms with Crippen molar-refractivity contribution in [1.29, 1.82) is 0 Å². The second kappa shape index (κ2) is 16.3. The first kappa shape index (κ1) is 20.9. The number of carbonyl (C=O) groups excluding carboxylic acids is 1. The van der Waals surface area contributed by atoms with Crippen LogP contribution in [0.15, 0.2) is 24.3 Å². The molecular weight excluding hydrogens is 276 g/mol. The highest BCUT2D eigenvalue weighted by atomic mass is 16.5. The Morgan fingerprint density at radius 2 is 1.55 bits per heavy atom. The average molecular weight is 310 g/mol. The number of hydrogen-bond donors (Lipinski definition) is 1. The standard InChI is InChI=1S/C19H34O3/c1-3-4-5-6-7-8-9-10-11-12-13-14-15-16-17-18(20)19(21)22-2/h7-8,10-11,18,20H,3-6,9,12-17H2,1-2H3/b8-7-,11-10-. The Balaban J connectivity index is 3.32. The molecule has 1 N–H and O–H groups in total. The molecule has 0 aromatic rings. The summed E-state index contributed by atoms with van der Waals surface area (Å²) in [6, 6.07) is 0. The summed E-state index contributed by atoms with van der Waals surface area (Å²) in [7, 11) is 1.30. The van der Waals surface area contributed by atoms with Crippen LogP contribution < -0.4 is 0 Å². The summed E-state index contributed by atoms with van der Waals surface area (Å²) in [6.45, 7) is 2.23. The Morgan fingerprint density at radius 3 is 2.14 bits per heavy atom. The Kier molecular flexibility index (Phi) is 15.5. The third-order valence-electron chi connectivity index (χ3n) is 3.65. The lowest BCUT2D eigenvalue weighted by Crippen LogP contribution is -2.21. The van der Waals surface area contributed by atoms with Gasteiger partial charge in [-0.15, -0.1) is 0 Å². The second-order valence-corrected chi connectivity index (χ2v) is 5.70. The van der Waals surface area contributed by atoms with Crippen molar-refractivity contribution < 1.29 is 14.6 Å². The van der Waals surface area contributed by atoms with Crippen LogP contribution in [-0.2, 0) is 9.53 Å². The Hall–Kier alpha value is -1.09. The second-order valence-electron chi connectivity index (χ2n) is 5.70. The first-order chi connectivity index (χ1) is 10.7. The van der Waals surface area contributed by atoms with Crippen LogP contribution in [0.4, 0.5) is 0 Å². The third kappa shape index (κ3) is 13.9. The van der Waals surface area contributed by atoms with Crippen LogP contribution in [0.3, 0.4) is 0 Å². The highest BCUT2D eigenvalue weighted by molar-refractivity contribution is 5.74. The fourth-order valence-electron chi connectivity index (χ4n) is 2.23. The minimum absolute atomic E-state index is 0.505. The zero-order chi connectivity index (χ0) is 16.5. The lowest BCUT2D eigenvalue weighted by molar-refractivity contribution is -0.150. The number of unbranched alkanes of at least 4 members (excludes halogenated alkanes) is 7. The van der Waals surface area contributed by atoms with Crippen molar-refractivity contribution in [2.75, 3.05) is 7.11 Å². The maximum atomic E-state index is 11.0. The SMILES string of the molecule is CCCCC/C=C\C/C=C\CCCCCCC(O)C(=O)OC. The Labute approximate surface area is 136 Å². The van der Waals surface area contributed by atoms with E-state index in [9.17, 15) is 9.90 Å². The number of aliphatic hydroxyl groups is 1. The molecule has 0 saturated carbocycles. The Morgan fingerprint density at radius 1 is 0.955 bits per heavy atom. The van der Waals surface area contributed by atoms with Gasteiger partial charge in [0, 0.05) is 0 Å². The summed E-state index contributed by atoms with van der Waals surface area (Å²) in [6.07, 6.45) is 20.1. The van der Waals surface area contributed by atoms with Gasteiger partial charge in [-0.3, -0.25) is 0 Å². The zero-order valence-electron chi connectivity index (χ0n) is 14.4. The van der Waals surface area contributed by atoms with Crippen molar-refractivity contribution in [2.45, 2.75) is 83.7 Å². The van der Waals surface area contributed by atoms with Crippen LogP contribution in [0.5, 0.6) is 0 Å². The van der Waals surface area contributed by atoms with E-state index >= 15 is 0 Å². The number of allylic oxidation sites excluding steroid dienone is 4. The van der Waals surface area contributed by atoms with Gasteiger partial charge in [-0.05, 0) is 38.5 Å². The van der Waals surface area contributed by atoms with Crippen molar-refractivity contribution in [3.63, 3.8) is 0 Å². The van der Waals surface area contributed by atoms with Crippen molar-refractivity contribution in [2.24, 2.45) is 0 Å². The summed E-state index contributed by atoms with van der Waals surface area (Å²) < 4.78 is 4.48. The van der Waals surface area contributed by atoms with Crippen LogP contribution >= 0.6 is 0 Å². The van der Waals surface area contributed by atoms with Crippen LogP contribution in [0.1, 0.15) is 77.6 Å². The van der Waals surface area contributed by atoms with E-state index in [1.807, 2.05) is 0 Å². The zero-order valence-corrected chi connectivity index (χ0v) is 14.4. The lowest BCUT2D eigenvalue weighted by Gasteiger charge is -2.07. The fraction of sp³-hybridized carbons (Fsp3) is 0.737. The molecule has 0 aromatic carbocycles. The molecule has 0 rings (SSSR count). The van der Waals surface area contributed by atoms with Gasteiger partial charge >= 0.3 is 5.97 Å². The molecular formula is C19H34O3. The van der Waals surface area contributed by atoms with Gasteiger partial charge in [0.2, 0.25) is 0 Å². The maximum Gasteiger partial charge on any atom is 0.334 e. The van der Waals surface area contributed by atoms with Gasteiger partial charge in [0.25, 0.3) is 0 Å². The van der Waals surface area contributed by atoms with Crippen molar-refractivity contribution >= 4 is 5.97 Å². The summed E-state index contributed by atoms with van der Waals surface area (Å²) in [5.74, 6) is -0.523. The molecule has 0 bridgehead atoms. The van der Waals surface area contributed by atoms with E-state index in [4.69, 9.17) is 0 Å². The largest absolute Gasteiger partial charge is 0.467 e. The summed E-state index contributed by atoms with van der Waals surface area (Å²) in [5.41, 5.74) is 0. The van der Waals surface area contributed by atoms with Gasteiger partial charge in [-0.25, -0.2) is 4.79 Å². The van der Waals surface area contributed by atoms with Crippen molar-refractivity contribution in [1.82, 2.24) is 0 Å². The third-order valence-corrected chi connectivity index (χ3v) is 3.65. The topological polar surface area (TPSA) is 46.5 Å². The van der Waals surface area contributed by atoms with Crippen LogP contribution in [0.25, 0.3) is 0 Å². The monoisotopic (exact) mass is 310 g/mol. The van der Waals surface area contributed by atoms with Crippen LogP contribution in [0, 0.1) is 0 Å². The molecule has 1 atom stereocenters.